The molecule has 0 bridgehead atoms. The molecule has 1 aromatic heterocycles. The van der Waals surface area contributed by atoms with Crippen molar-refractivity contribution in [3.05, 3.63) is 41.6 Å². The second-order valence-electron chi connectivity index (χ2n) is 5.90. The minimum Gasteiger partial charge on any atom is -0.295 e. The number of aromatic nitrogens is 1. The van der Waals surface area contributed by atoms with E-state index in [1.807, 2.05) is 0 Å². The Balaban J connectivity index is 1.94. The van der Waals surface area contributed by atoms with E-state index in [0.29, 0.717) is 6.04 Å². The first-order valence-electron chi connectivity index (χ1n) is 7.34. The molecule has 1 aliphatic heterocycles. The summed E-state index contributed by atoms with van der Waals surface area (Å²) in [6, 6.07) is 11.4. The number of alkyl halides is 1. The minimum atomic E-state index is 0.655. The zero-order valence-electron chi connectivity index (χ0n) is 12.1. The van der Waals surface area contributed by atoms with Gasteiger partial charge in [0, 0.05) is 29.0 Å². The number of rotatable bonds is 3. The predicted molar refractivity (Wildman–Crippen MR) is 88.3 cm³/mol. The number of para-hydroxylation sites is 1. The van der Waals surface area contributed by atoms with Gasteiger partial charge in [-0.1, -0.05) is 41.1 Å². The molecule has 2 heterocycles. The molecule has 1 fully saturated rings. The van der Waals surface area contributed by atoms with Gasteiger partial charge in [0.05, 0.1) is 5.52 Å². The average molecular weight is 333 g/mol. The van der Waals surface area contributed by atoms with Crippen molar-refractivity contribution < 1.29 is 0 Å². The number of nitrogens with zero attached hydrogens (tertiary/aromatic N) is 2. The maximum Gasteiger partial charge on any atom is 0.0708 e. The third kappa shape index (κ3) is 2.61. The summed E-state index contributed by atoms with van der Waals surface area (Å²) in [6.45, 7) is 6.68. The van der Waals surface area contributed by atoms with Crippen LogP contribution in [0, 0.1) is 12.8 Å². The molecule has 2 atom stereocenters. The van der Waals surface area contributed by atoms with Crippen molar-refractivity contribution in [3.8, 4) is 0 Å². The molecule has 2 unspecified atom stereocenters. The van der Waals surface area contributed by atoms with Gasteiger partial charge in [0.1, 0.15) is 0 Å². The highest BCUT2D eigenvalue weighted by atomic mass is 79.9. The number of pyridine rings is 1. The molecule has 106 valence electrons. The average Bonchev–Trinajstić information content (AvgIpc) is 2.79. The fraction of sp³-hybridized carbons (Fsp3) is 0.471. The SMILES string of the molecule is Cc1cc(CN2CCC(C)C2CBr)c2ccccc2n1. The summed E-state index contributed by atoms with van der Waals surface area (Å²) >= 11 is 3.68. The molecular weight excluding hydrogens is 312 g/mol. The summed E-state index contributed by atoms with van der Waals surface area (Å²) in [5.41, 5.74) is 3.64. The summed E-state index contributed by atoms with van der Waals surface area (Å²) in [4.78, 5) is 7.25. The van der Waals surface area contributed by atoms with E-state index < -0.39 is 0 Å². The lowest BCUT2D eigenvalue weighted by atomic mass is 10.0. The van der Waals surface area contributed by atoms with Crippen molar-refractivity contribution in [2.45, 2.75) is 32.9 Å². The van der Waals surface area contributed by atoms with Crippen LogP contribution in [-0.2, 0) is 6.54 Å². The zero-order valence-corrected chi connectivity index (χ0v) is 13.7. The Morgan fingerprint density at radius 1 is 1.35 bits per heavy atom. The molecule has 0 radical (unpaired) electrons. The van der Waals surface area contributed by atoms with E-state index >= 15 is 0 Å². The normalized spacial score (nSPS) is 23.6. The first-order chi connectivity index (χ1) is 9.69. The fourth-order valence-electron chi connectivity index (χ4n) is 3.28. The van der Waals surface area contributed by atoms with E-state index in [2.05, 4.69) is 70.0 Å². The van der Waals surface area contributed by atoms with Crippen molar-refractivity contribution in [3.63, 3.8) is 0 Å². The van der Waals surface area contributed by atoms with Gasteiger partial charge in [0.2, 0.25) is 0 Å². The first-order valence-corrected chi connectivity index (χ1v) is 8.46. The van der Waals surface area contributed by atoms with Gasteiger partial charge in [-0.3, -0.25) is 9.88 Å². The van der Waals surface area contributed by atoms with Crippen molar-refractivity contribution in [2.24, 2.45) is 5.92 Å². The third-order valence-electron chi connectivity index (χ3n) is 4.46. The molecule has 0 aliphatic carbocycles. The van der Waals surface area contributed by atoms with Gasteiger partial charge in [-0.25, -0.2) is 0 Å². The highest BCUT2D eigenvalue weighted by Crippen LogP contribution is 2.29. The van der Waals surface area contributed by atoms with E-state index in [1.165, 1.54) is 23.9 Å². The van der Waals surface area contributed by atoms with Crippen molar-refractivity contribution in [2.75, 3.05) is 11.9 Å². The molecule has 3 rings (SSSR count). The molecule has 0 spiro atoms. The molecule has 0 saturated carbocycles. The van der Waals surface area contributed by atoms with E-state index in [-0.39, 0.29) is 0 Å². The van der Waals surface area contributed by atoms with Crippen molar-refractivity contribution >= 4 is 26.8 Å². The van der Waals surface area contributed by atoms with Gasteiger partial charge >= 0.3 is 0 Å². The molecule has 1 aromatic carbocycles. The summed E-state index contributed by atoms with van der Waals surface area (Å²) in [6.07, 6.45) is 1.30. The van der Waals surface area contributed by atoms with Crippen LogP contribution in [0.2, 0.25) is 0 Å². The Hall–Kier alpha value is -0.930. The number of hydrogen-bond donors (Lipinski definition) is 0. The van der Waals surface area contributed by atoms with Gasteiger partial charge < -0.3 is 0 Å². The summed E-state index contributed by atoms with van der Waals surface area (Å²) in [5.74, 6) is 0.781. The van der Waals surface area contributed by atoms with Gasteiger partial charge in [-0.15, -0.1) is 0 Å². The Bertz CT molecular complexity index is 611. The van der Waals surface area contributed by atoms with Crippen LogP contribution in [0.1, 0.15) is 24.6 Å². The third-order valence-corrected chi connectivity index (χ3v) is 5.12. The molecule has 20 heavy (non-hydrogen) atoms. The van der Waals surface area contributed by atoms with Gasteiger partial charge in [-0.05, 0) is 43.5 Å². The van der Waals surface area contributed by atoms with Crippen LogP contribution in [0.15, 0.2) is 30.3 Å². The van der Waals surface area contributed by atoms with E-state index in [9.17, 15) is 0 Å². The molecule has 0 amide bonds. The largest absolute Gasteiger partial charge is 0.295 e. The lowest BCUT2D eigenvalue weighted by Crippen LogP contribution is -2.33. The highest BCUT2D eigenvalue weighted by Gasteiger charge is 2.30. The van der Waals surface area contributed by atoms with Gasteiger partial charge in [-0.2, -0.15) is 0 Å². The second-order valence-corrected chi connectivity index (χ2v) is 6.55. The first kappa shape index (κ1) is 14.0. The molecule has 1 saturated heterocycles. The van der Waals surface area contributed by atoms with Crippen LogP contribution < -0.4 is 0 Å². The fourth-order valence-corrected chi connectivity index (χ4v) is 4.33. The van der Waals surface area contributed by atoms with Crippen LogP contribution in [0.25, 0.3) is 10.9 Å². The number of fused-ring (bicyclic) bond motifs is 1. The number of benzene rings is 1. The smallest absolute Gasteiger partial charge is 0.0708 e. The van der Waals surface area contributed by atoms with E-state index in [4.69, 9.17) is 0 Å². The molecule has 1 aliphatic rings. The van der Waals surface area contributed by atoms with E-state index in [1.54, 1.807) is 0 Å². The highest BCUT2D eigenvalue weighted by molar-refractivity contribution is 9.09. The van der Waals surface area contributed by atoms with Crippen LogP contribution in [0.4, 0.5) is 0 Å². The Kier molecular flexibility index (Phi) is 4.08. The molecule has 2 nitrogen and oxygen atoms in total. The Labute approximate surface area is 129 Å². The Morgan fingerprint density at radius 2 is 2.15 bits per heavy atom. The monoisotopic (exact) mass is 332 g/mol. The standard InChI is InChI=1S/C17H21BrN2/c1-12-7-8-20(17(12)10-18)11-14-9-13(2)19-16-6-4-3-5-15(14)16/h3-6,9,12,17H,7-8,10-11H2,1-2H3. The second kappa shape index (κ2) is 5.82. The molecular formula is C17H21BrN2. The number of hydrogen-bond acceptors (Lipinski definition) is 2. The van der Waals surface area contributed by atoms with Gasteiger partial charge in [0.15, 0.2) is 0 Å². The number of likely N-dealkylation sites (tertiary alicyclic amines) is 1. The van der Waals surface area contributed by atoms with E-state index in [0.717, 1.165) is 29.0 Å². The summed E-state index contributed by atoms with van der Waals surface area (Å²) in [5, 5.41) is 2.36. The molecule has 3 heteroatoms. The molecule has 0 N–H and O–H groups in total. The van der Waals surface area contributed by atoms with Crippen molar-refractivity contribution in [1.29, 1.82) is 0 Å². The summed E-state index contributed by atoms with van der Waals surface area (Å²) < 4.78 is 0. The lowest BCUT2D eigenvalue weighted by Gasteiger charge is -2.25. The van der Waals surface area contributed by atoms with Gasteiger partial charge in [0.25, 0.3) is 0 Å². The van der Waals surface area contributed by atoms with Crippen LogP contribution in [0.5, 0.6) is 0 Å². The predicted octanol–water partition coefficient (Wildman–Crippen LogP) is 4.15. The number of aryl methyl sites for hydroxylation is 1. The maximum absolute atomic E-state index is 4.64. The topological polar surface area (TPSA) is 16.1 Å². The molecule has 2 aromatic rings. The zero-order chi connectivity index (χ0) is 14.1. The number of halogens is 1. The van der Waals surface area contributed by atoms with Crippen molar-refractivity contribution in [1.82, 2.24) is 9.88 Å². The van der Waals surface area contributed by atoms with Crippen LogP contribution in [0.3, 0.4) is 0 Å². The van der Waals surface area contributed by atoms with Crippen LogP contribution >= 0.6 is 15.9 Å². The maximum atomic E-state index is 4.64. The minimum absolute atomic E-state index is 0.655. The quantitative estimate of drug-likeness (QED) is 0.785. The lowest BCUT2D eigenvalue weighted by molar-refractivity contribution is 0.245. The Morgan fingerprint density at radius 3 is 2.95 bits per heavy atom. The summed E-state index contributed by atoms with van der Waals surface area (Å²) in [7, 11) is 0. The van der Waals surface area contributed by atoms with Crippen LogP contribution in [-0.4, -0.2) is 27.8 Å².